The van der Waals surface area contributed by atoms with Crippen molar-refractivity contribution in [2.24, 2.45) is 5.92 Å². The second-order valence-corrected chi connectivity index (χ2v) is 6.75. The number of phenolic OH excluding ortho intramolecular Hbond substituents is 1. The number of ether oxygens (including phenoxy) is 1. The highest BCUT2D eigenvalue weighted by atomic mass is 35.5. The van der Waals surface area contributed by atoms with Gasteiger partial charge in [0.2, 0.25) is 0 Å². The number of aromatic hydroxyl groups is 1. The summed E-state index contributed by atoms with van der Waals surface area (Å²) in [6.07, 6.45) is 5.86. The molecule has 0 amide bonds. The molecule has 4 heteroatoms. The van der Waals surface area contributed by atoms with E-state index >= 15 is 0 Å². The molecule has 0 aromatic heterocycles. The van der Waals surface area contributed by atoms with Gasteiger partial charge in [-0.05, 0) is 80.1 Å². The Morgan fingerprint density at radius 2 is 1.88 bits per heavy atom. The molecule has 0 bridgehead atoms. The lowest BCUT2D eigenvalue weighted by Crippen LogP contribution is -2.26. The van der Waals surface area contributed by atoms with Gasteiger partial charge in [-0.3, -0.25) is 0 Å². The first kappa shape index (κ1) is 19.6. The number of aryl methyl sites for hydroxylation is 2. The number of phenols is 1. The Balaban J connectivity index is 0.00000225. The van der Waals surface area contributed by atoms with Crippen molar-refractivity contribution in [3.05, 3.63) is 59.2 Å². The van der Waals surface area contributed by atoms with E-state index < -0.39 is 0 Å². The molecule has 0 aliphatic heterocycles. The minimum absolute atomic E-state index is 0. The van der Waals surface area contributed by atoms with Gasteiger partial charge >= 0.3 is 0 Å². The molecular formula is C21H28ClNO2. The number of fused-ring (bicyclic) bond motifs is 1. The van der Waals surface area contributed by atoms with Crippen molar-refractivity contribution in [2.75, 3.05) is 20.2 Å². The summed E-state index contributed by atoms with van der Waals surface area (Å²) >= 11 is 0. The third-order valence-corrected chi connectivity index (χ3v) is 4.73. The third-order valence-electron chi connectivity index (χ3n) is 4.73. The SMILES string of the molecule is CNCC(COc1ccc2c(c1)CCCC2)Cc1cccc(O)c1.Cl. The third kappa shape index (κ3) is 5.65. The van der Waals surface area contributed by atoms with Crippen LogP contribution in [0.5, 0.6) is 11.5 Å². The van der Waals surface area contributed by atoms with E-state index in [0.29, 0.717) is 18.3 Å². The fourth-order valence-corrected chi connectivity index (χ4v) is 3.51. The maximum Gasteiger partial charge on any atom is 0.119 e. The first-order chi connectivity index (χ1) is 11.7. The molecule has 0 radical (unpaired) electrons. The van der Waals surface area contributed by atoms with Crippen molar-refractivity contribution >= 4 is 12.4 Å². The van der Waals surface area contributed by atoms with Crippen molar-refractivity contribution in [2.45, 2.75) is 32.1 Å². The molecule has 3 rings (SSSR count). The highest BCUT2D eigenvalue weighted by Crippen LogP contribution is 2.26. The maximum atomic E-state index is 9.63. The van der Waals surface area contributed by atoms with Gasteiger partial charge in [-0.2, -0.15) is 0 Å². The van der Waals surface area contributed by atoms with Crippen LogP contribution in [0, 0.1) is 5.92 Å². The van der Waals surface area contributed by atoms with Gasteiger partial charge in [0.1, 0.15) is 11.5 Å². The second kappa shape index (κ2) is 9.69. The second-order valence-electron chi connectivity index (χ2n) is 6.75. The van der Waals surface area contributed by atoms with Gasteiger partial charge in [-0.15, -0.1) is 12.4 Å². The van der Waals surface area contributed by atoms with E-state index in [9.17, 15) is 5.11 Å². The summed E-state index contributed by atoms with van der Waals surface area (Å²) in [6, 6.07) is 14.1. The predicted molar refractivity (Wildman–Crippen MR) is 105 cm³/mol. The highest BCUT2D eigenvalue weighted by molar-refractivity contribution is 5.85. The Morgan fingerprint density at radius 3 is 2.64 bits per heavy atom. The lowest BCUT2D eigenvalue weighted by Gasteiger charge is -2.20. The molecule has 0 fully saturated rings. The Morgan fingerprint density at radius 1 is 1.08 bits per heavy atom. The van der Waals surface area contributed by atoms with Crippen molar-refractivity contribution in [1.29, 1.82) is 0 Å². The zero-order valence-corrected chi connectivity index (χ0v) is 15.6. The smallest absolute Gasteiger partial charge is 0.119 e. The fourth-order valence-electron chi connectivity index (χ4n) is 3.51. The van der Waals surface area contributed by atoms with E-state index in [1.807, 2.05) is 19.2 Å². The lowest BCUT2D eigenvalue weighted by molar-refractivity contribution is 0.245. The quantitative estimate of drug-likeness (QED) is 0.778. The van der Waals surface area contributed by atoms with Gasteiger partial charge in [0.05, 0.1) is 6.61 Å². The van der Waals surface area contributed by atoms with E-state index in [2.05, 4.69) is 29.6 Å². The summed E-state index contributed by atoms with van der Waals surface area (Å²) in [7, 11) is 1.97. The molecule has 3 nitrogen and oxygen atoms in total. The molecule has 0 saturated heterocycles. The zero-order valence-electron chi connectivity index (χ0n) is 14.8. The highest BCUT2D eigenvalue weighted by Gasteiger charge is 2.13. The molecule has 2 N–H and O–H groups in total. The summed E-state index contributed by atoms with van der Waals surface area (Å²) < 4.78 is 6.09. The van der Waals surface area contributed by atoms with Crippen LogP contribution >= 0.6 is 12.4 Å². The van der Waals surface area contributed by atoms with Crippen LogP contribution in [0.25, 0.3) is 0 Å². The monoisotopic (exact) mass is 361 g/mol. The molecule has 1 atom stereocenters. The van der Waals surface area contributed by atoms with Crippen LogP contribution in [0.3, 0.4) is 0 Å². The lowest BCUT2D eigenvalue weighted by atomic mass is 9.92. The first-order valence-corrected chi connectivity index (χ1v) is 8.91. The molecule has 2 aromatic rings. The predicted octanol–water partition coefficient (Wildman–Crippen LogP) is 4.15. The first-order valence-electron chi connectivity index (χ1n) is 8.91. The van der Waals surface area contributed by atoms with Crippen LogP contribution in [-0.2, 0) is 19.3 Å². The van der Waals surface area contributed by atoms with Crippen LogP contribution in [0.15, 0.2) is 42.5 Å². The number of halogens is 1. The van der Waals surface area contributed by atoms with Gasteiger partial charge in [-0.1, -0.05) is 18.2 Å². The maximum absolute atomic E-state index is 9.63. The summed E-state index contributed by atoms with van der Waals surface area (Å²) in [4.78, 5) is 0. The number of hydrogen-bond acceptors (Lipinski definition) is 3. The van der Waals surface area contributed by atoms with Crippen LogP contribution < -0.4 is 10.1 Å². The number of rotatable bonds is 7. The number of benzene rings is 2. The molecule has 25 heavy (non-hydrogen) atoms. The summed E-state index contributed by atoms with van der Waals surface area (Å²) in [5, 5.41) is 12.9. The average molecular weight is 362 g/mol. The number of hydrogen-bond donors (Lipinski definition) is 2. The zero-order chi connectivity index (χ0) is 16.8. The standard InChI is InChI=1S/C21H27NO2.ClH/c1-22-14-17(11-16-5-4-8-20(23)12-16)15-24-21-10-9-18-6-2-3-7-19(18)13-21;/h4-5,8-10,12-13,17,22-23H,2-3,6-7,11,14-15H2,1H3;1H. The average Bonchev–Trinajstić information content (AvgIpc) is 2.60. The molecule has 0 spiro atoms. The van der Waals surface area contributed by atoms with Crippen LogP contribution in [0.2, 0.25) is 0 Å². The number of nitrogens with one attached hydrogen (secondary N) is 1. The molecule has 0 saturated carbocycles. The van der Waals surface area contributed by atoms with Crippen LogP contribution in [-0.4, -0.2) is 25.3 Å². The molecule has 1 aliphatic carbocycles. The fraction of sp³-hybridized carbons (Fsp3) is 0.429. The van der Waals surface area contributed by atoms with Crippen molar-refractivity contribution in [3.8, 4) is 11.5 Å². The van der Waals surface area contributed by atoms with Gasteiger partial charge in [0, 0.05) is 12.5 Å². The summed E-state index contributed by atoms with van der Waals surface area (Å²) in [5.41, 5.74) is 4.08. The summed E-state index contributed by atoms with van der Waals surface area (Å²) in [5.74, 6) is 1.67. The van der Waals surface area contributed by atoms with Gasteiger partial charge in [-0.25, -0.2) is 0 Å². The molecule has 1 aliphatic rings. The van der Waals surface area contributed by atoms with Crippen molar-refractivity contribution in [3.63, 3.8) is 0 Å². The largest absolute Gasteiger partial charge is 0.508 e. The van der Waals surface area contributed by atoms with Crippen molar-refractivity contribution < 1.29 is 9.84 Å². The normalized spacial score (nSPS) is 14.3. The van der Waals surface area contributed by atoms with Gasteiger partial charge in [0.25, 0.3) is 0 Å². The Kier molecular flexibility index (Phi) is 7.60. The van der Waals surface area contributed by atoms with E-state index in [1.165, 1.54) is 36.8 Å². The Hall–Kier alpha value is -1.71. The Bertz CT molecular complexity index is 675. The van der Waals surface area contributed by atoms with Crippen LogP contribution in [0.4, 0.5) is 0 Å². The van der Waals surface area contributed by atoms with Gasteiger partial charge in [0.15, 0.2) is 0 Å². The molecule has 0 heterocycles. The molecule has 2 aromatic carbocycles. The van der Waals surface area contributed by atoms with E-state index in [1.54, 1.807) is 6.07 Å². The van der Waals surface area contributed by atoms with E-state index in [0.717, 1.165) is 24.3 Å². The Labute approximate surface area is 156 Å². The molecule has 1 unspecified atom stereocenters. The van der Waals surface area contributed by atoms with Crippen LogP contribution in [0.1, 0.15) is 29.5 Å². The van der Waals surface area contributed by atoms with E-state index in [4.69, 9.17) is 4.74 Å². The van der Waals surface area contributed by atoms with Gasteiger partial charge < -0.3 is 15.2 Å². The summed E-state index contributed by atoms with van der Waals surface area (Å²) in [6.45, 7) is 1.57. The van der Waals surface area contributed by atoms with E-state index in [-0.39, 0.29) is 12.4 Å². The minimum atomic E-state index is 0. The molecule has 136 valence electrons. The topological polar surface area (TPSA) is 41.5 Å². The minimum Gasteiger partial charge on any atom is -0.508 e. The molecular weight excluding hydrogens is 334 g/mol. The van der Waals surface area contributed by atoms with Crippen molar-refractivity contribution in [1.82, 2.24) is 5.32 Å².